The minimum atomic E-state index is -0.714. The summed E-state index contributed by atoms with van der Waals surface area (Å²) in [6, 6.07) is 13.4. The Kier molecular flexibility index (Phi) is 7.36. The molecule has 0 spiro atoms. The predicted molar refractivity (Wildman–Crippen MR) is 116 cm³/mol. The molecule has 1 N–H and O–H groups in total. The lowest BCUT2D eigenvalue weighted by atomic mass is 10.00. The first kappa shape index (κ1) is 22.4. The molecule has 0 aromatic heterocycles. The molecule has 0 heterocycles. The fourth-order valence-electron chi connectivity index (χ4n) is 3.01. The maximum absolute atomic E-state index is 14.0. The van der Waals surface area contributed by atoms with Crippen LogP contribution in [0, 0.1) is 11.6 Å². The number of aldehydes is 1. The van der Waals surface area contributed by atoms with E-state index in [1.807, 2.05) is 6.92 Å². The molecule has 0 unspecified atom stereocenters. The van der Waals surface area contributed by atoms with Crippen molar-refractivity contribution in [1.82, 2.24) is 5.32 Å². The molecule has 3 aromatic carbocycles. The summed E-state index contributed by atoms with van der Waals surface area (Å²) in [5.74, 6) is -1.33. The summed E-state index contributed by atoms with van der Waals surface area (Å²) in [6.07, 6.45) is 1.25. The van der Waals surface area contributed by atoms with Crippen LogP contribution in [0.15, 0.2) is 54.6 Å². The van der Waals surface area contributed by atoms with Crippen LogP contribution in [0.5, 0.6) is 5.75 Å². The number of hydrogen-bond acceptors (Lipinski definition) is 3. The van der Waals surface area contributed by atoms with Crippen molar-refractivity contribution >= 4 is 23.8 Å². The van der Waals surface area contributed by atoms with Crippen molar-refractivity contribution in [3.63, 3.8) is 0 Å². The Bertz CT molecular complexity index is 1120. The van der Waals surface area contributed by atoms with Gasteiger partial charge in [-0.3, -0.25) is 9.59 Å². The van der Waals surface area contributed by atoms with Crippen molar-refractivity contribution in [2.45, 2.75) is 19.9 Å². The fraction of sp³-hybridized carbons (Fsp3) is 0.167. The van der Waals surface area contributed by atoms with E-state index >= 15 is 0 Å². The third kappa shape index (κ3) is 5.47. The number of carbonyl (C=O) groups excluding carboxylic acids is 2. The van der Waals surface area contributed by atoms with Gasteiger partial charge in [-0.05, 0) is 60.0 Å². The van der Waals surface area contributed by atoms with Gasteiger partial charge in [0.05, 0.1) is 17.7 Å². The molecule has 0 aliphatic heterocycles. The largest absolute Gasteiger partial charge is 0.493 e. The lowest BCUT2D eigenvalue weighted by Gasteiger charge is -2.14. The fourth-order valence-corrected chi connectivity index (χ4v) is 3.17. The second kappa shape index (κ2) is 10.2. The van der Waals surface area contributed by atoms with Crippen molar-refractivity contribution in [3.8, 4) is 16.9 Å². The number of benzene rings is 3. The molecule has 0 atom stereocenters. The van der Waals surface area contributed by atoms with Gasteiger partial charge < -0.3 is 10.1 Å². The summed E-state index contributed by atoms with van der Waals surface area (Å²) in [7, 11) is 0. The van der Waals surface area contributed by atoms with Gasteiger partial charge in [0.1, 0.15) is 17.4 Å². The van der Waals surface area contributed by atoms with Crippen LogP contribution in [0.2, 0.25) is 5.02 Å². The first-order valence-corrected chi connectivity index (χ1v) is 10.0. The number of amides is 1. The van der Waals surface area contributed by atoms with Gasteiger partial charge in [0.15, 0.2) is 6.29 Å². The minimum Gasteiger partial charge on any atom is -0.493 e. The van der Waals surface area contributed by atoms with Crippen molar-refractivity contribution in [1.29, 1.82) is 0 Å². The second-order valence-corrected chi connectivity index (χ2v) is 7.27. The zero-order valence-corrected chi connectivity index (χ0v) is 17.5. The minimum absolute atomic E-state index is 0.0446. The molecule has 0 saturated heterocycles. The zero-order chi connectivity index (χ0) is 22.4. The highest BCUT2D eigenvalue weighted by Crippen LogP contribution is 2.28. The molecule has 0 aliphatic rings. The van der Waals surface area contributed by atoms with Gasteiger partial charge in [0, 0.05) is 17.1 Å². The Morgan fingerprint density at radius 3 is 2.48 bits per heavy atom. The first-order chi connectivity index (χ1) is 14.9. The van der Waals surface area contributed by atoms with Crippen molar-refractivity contribution in [3.05, 3.63) is 87.9 Å². The molecule has 3 rings (SSSR count). The molecule has 31 heavy (non-hydrogen) atoms. The number of ether oxygens (including phenoxy) is 1. The monoisotopic (exact) mass is 443 g/mol. The molecule has 0 saturated carbocycles. The van der Waals surface area contributed by atoms with E-state index in [0.29, 0.717) is 35.3 Å². The van der Waals surface area contributed by atoms with Crippen LogP contribution in [0.4, 0.5) is 8.78 Å². The highest BCUT2D eigenvalue weighted by atomic mass is 35.5. The van der Waals surface area contributed by atoms with Crippen LogP contribution in [0.1, 0.15) is 39.6 Å². The summed E-state index contributed by atoms with van der Waals surface area (Å²) < 4.78 is 33.5. The Hall–Kier alpha value is -3.25. The number of carbonyl (C=O) groups is 2. The van der Waals surface area contributed by atoms with Crippen LogP contribution in [0.3, 0.4) is 0 Å². The van der Waals surface area contributed by atoms with E-state index in [9.17, 15) is 18.4 Å². The summed E-state index contributed by atoms with van der Waals surface area (Å²) in [5, 5.41) is 2.88. The molecule has 160 valence electrons. The molecule has 0 aliphatic carbocycles. The molecular weight excluding hydrogens is 424 g/mol. The third-order valence-electron chi connectivity index (χ3n) is 4.59. The van der Waals surface area contributed by atoms with Gasteiger partial charge >= 0.3 is 0 Å². The molecule has 3 aromatic rings. The van der Waals surface area contributed by atoms with Gasteiger partial charge in [0.25, 0.3) is 5.91 Å². The quantitative estimate of drug-likeness (QED) is 0.446. The number of rotatable bonds is 8. The average Bonchev–Trinajstić information content (AvgIpc) is 2.76. The third-order valence-corrected chi connectivity index (χ3v) is 4.83. The predicted octanol–water partition coefficient (Wildman–Crippen LogP) is 5.82. The van der Waals surface area contributed by atoms with Crippen LogP contribution < -0.4 is 10.1 Å². The standard InChI is InChI=1S/C24H20ClF2NO3/c1-2-9-31-23-8-4-16(15-3-7-21(26)18(11-15)14-29)10-17(23)13-28-24(30)20-6-5-19(25)12-22(20)27/h3-8,10-12,14H,2,9,13H2,1H3,(H,28,30). The molecule has 4 nitrogen and oxygen atoms in total. The van der Waals surface area contributed by atoms with Crippen LogP contribution in [0.25, 0.3) is 11.1 Å². The number of halogens is 3. The summed E-state index contributed by atoms with van der Waals surface area (Å²) in [5.41, 5.74) is 1.85. The van der Waals surface area contributed by atoms with Crippen molar-refractivity contribution < 1.29 is 23.1 Å². The van der Waals surface area contributed by atoms with E-state index in [4.69, 9.17) is 16.3 Å². The van der Waals surface area contributed by atoms with E-state index in [1.54, 1.807) is 24.3 Å². The average molecular weight is 444 g/mol. The Morgan fingerprint density at radius 2 is 1.77 bits per heavy atom. The van der Waals surface area contributed by atoms with Gasteiger partial charge in [-0.2, -0.15) is 0 Å². The summed E-state index contributed by atoms with van der Waals surface area (Å²) in [4.78, 5) is 23.5. The molecular formula is C24H20ClF2NO3. The van der Waals surface area contributed by atoms with Crippen molar-refractivity contribution in [2.75, 3.05) is 6.61 Å². The topological polar surface area (TPSA) is 55.4 Å². The Morgan fingerprint density at radius 1 is 1.03 bits per heavy atom. The number of nitrogens with one attached hydrogen (secondary N) is 1. The maximum Gasteiger partial charge on any atom is 0.254 e. The summed E-state index contributed by atoms with van der Waals surface area (Å²) >= 11 is 5.74. The molecule has 0 bridgehead atoms. The smallest absolute Gasteiger partial charge is 0.254 e. The van der Waals surface area contributed by atoms with Gasteiger partial charge in [-0.25, -0.2) is 8.78 Å². The molecule has 1 amide bonds. The second-order valence-electron chi connectivity index (χ2n) is 6.83. The normalized spacial score (nSPS) is 10.6. The van der Waals surface area contributed by atoms with E-state index in [1.165, 1.54) is 24.3 Å². The van der Waals surface area contributed by atoms with E-state index < -0.39 is 17.5 Å². The highest BCUT2D eigenvalue weighted by Gasteiger charge is 2.14. The molecule has 0 fully saturated rings. The van der Waals surface area contributed by atoms with Crippen molar-refractivity contribution in [2.24, 2.45) is 0 Å². The molecule has 0 radical (unpaired) electrons. The Labute approximate surface area is 183 Å². The van der Waals surface area contributed by atoms with Gasteiger partial charge in [-0.15, -0.1) is 0 Å². The van der Waals surface area contributed by atoms with E-state index in [2.05, 4.69) is 5.32 Å². The summed E-state index contributed by atoms with van der Waals surface area (Å²) in [6.45, 7) is 2.53. The van der Waals surface area contributed by atoms with E-state index in [-0.39, 0.29) is 22.7 Å². The van der Waals surface area contributed by atoms with Gasteiger partial charge in [-0.1, -0.05) is 30.7 Å². The zero-order valence-electron chi connectivity index (χ0n) is 16.8. The lowest BCUT2D eigenvalue weighted by molar-refractivity contribution is 0.0946. The first-order valence-electron chi connectivity index (χ1n) is 9.67. The maximum atomic E-state index is 14.0. The number of hydrogen-bond donors (Lipinski definition) is 1. The lowest BCUT2D eigenvalue weighted by Crippen LogP contribution is -2.24. The van der Waals surface area contributed by atoms with Gasteiger partial charge in [0.2, 0.25) is 0 Å². The van der Waals surface area contributed by atoms with Crippen LogP contribution >= 0.6 is 11.6 Å². The Balaban J connectivity index is 1.88. The van der Waals surface area contributed by atoms with Crippen LogP contribution in [-0.4, -0.2) is 18.8 Å². The highest BCUT2D eigenvalue weighted by molar-refractivity contribution is 6.30. The molecule has 7 heteroatoms. The van der Waals surface area contributed by atoms with E-state index in [0.717, 1.165) is 12.5 Å². The van der Waals surface area contributed by atoms with Crippen LogP contribution in [-0.2, 0) is 6.54 Å². The SMILES string of the molecule is CCCOc1ccc(-c2ccc(F)c(C=O)c2)cc1CNC(=O)c1ccc(Cl)cc1F.